The third kappa shape index (κ3) is 2.82. The molecule has 1 N–H and O–H groups in total. The first-order valence-electron chi connectivity index (χ1n) is 6.64. The van der Waals surface area contributed by atoms with Crippen molar-refractivity contribution in [1.82, 2.24) is 0 Å². The fourth-order valence-corrected chi connectivity index (χ4v) is 2.13. The van der Waals surface area contributed by atoms with Gasteiger partial charge in [0.2, 0.25) is 0 Å². The van der Waals surface area contributed by atoms with Gasteiger partial charge >= 0.3 is 0 Å². The van der Waals surface area contributed by atoms with Crippen LogP contribution in [0.25, 0.3) is 0 Å². The van der Waals surface area contributed by atoms with E-state index in [1.165, 1.54) is 5.56 Å². The molecule has 0 unspecified atom stereocenters. The second-order valence-electron chi connectivity index (χ2n) is 5.11. The number of nitrogens with one attached hydrogen (secondary N) is 1. The molecule has 3 nitrogen and oxygen atoms in total. The highest BCUT2D eigenvalue weighted by atomic mass is 16.1. The first-order chi connectivity index (χ1) is 9.50. The second-order valence-corrected chi connectivity index (χ2v) is 5.11. The summed E-state index contributed by atoms with van der Waals surface area (Å²) in [6.45, 7) is 4.06. The Labute approximate surface area is 120 Å². The molecule has 3 heteroatoms. The number of nitrogens with zero attached hydrogens (tertiary/aromatic N) is 1. The maximum absolute atomic E-state index is 12.5. The van der Waals surface area contributed by atoms with Gasteiger partial charge in [-0.05, 0) is 43.2 Å². The summed E-state index contributed by atoms with van der Waals surface area (Å²) in [6, 6.07) is 13.5. The summed E-state index contributed by atoms with van der Waals surface area (Å²) < 4.78 is 0. The van der Waals surface area contributed by atoms with Crippen LogP contribution in [0.2, 0.25) is 0 Å². The molecule has 0 aliphatic rings. The van der Waals surface area contributed by atoms with Gasteiger partial charge in [-0.25, -0.2) is 0 Å². The summed E-state index contributed by atoms with van der Waals surface area (Å²) in [5.74, 6) is -0.0806. The number of amides is 1. The molecule has 2 aromatic carbocycles. The topological polar surface area (TPSA) is 32.3 Å². The van der Waals surface area contributed by atoms with Gasteiger partial charge in [-0.2, -0.15) is 0 Å². The van der Waals surface area contributed by atoms with Crippen LogP contribution >= 0.6 is 0 Å². The molecule has 0 aromatic heterocycles. The van der Waals surface area contributed by atoms with E-state index in [0.29, 0.717) is 5.56 Å². The lowest BCUT2D eigenvalue weighted by Crippen LogP contribution is -2.18. The molecule has 0 saturated heterocycles. The number of carbonyl (C=O) groups is 1. The van der Waals surface area contributed by atoms with Crippen molar-refractivity contribution in [1.29, 1.82) is 0 Å². The lowest BCUT2D eigenvalue weighted by Gasteiger charge is -2.17. The molecule has 1 amide bonds. The highest BCUT2D eigenvalue weighted by Gasteiger charge is 2.13. The first kappa shape index (κ1) is 14.1. The highest BCUT2D eigenvalue weighted by molar-refractivity contribution is 6.08. The Morgan fingerprint density at radius 1 is 1.00 bits per heavy atom. The summed E-state index contributed by atoms with van der Waals surface area (Å²) in [5.41, 5.74) is 4.73. The first-order valence-corrected chi connectivity index (χ1v) is 6.64. The number of benzene rings is 2. The van der Waals surface area contributed by atoms with Crippen LogP contribution < -0.4 is 10.2 Å². The highest BCUT2D eigenvalue weighted by Crippen LogP contribution is 2.22. The van der Waals surface area contributed by atoms with Crippen LogP contribution in [0.1, 0.15) is 21.5 Å². The van der Waals surface area contributed by atoms with E-state index in [0.717, 1.165) is 16.9 Å². The molecule has 0 atom stereocenters. The van der Waals surface area contributed by atoms with Crippen molar-refractivity contribution in [3.63, 3.8) is 0 Å². The maximum atomic E-state index is 12.5. The summed E-state index contributed by atoms with van der Waals surface area (Å²) >= 11 is 0. The standard InChI is InChI=1S/C17H20N2O/c1-12-8-7-10-15(13(12)2)18-17(20)14-9-5-6-11-16(14)19(3)4/h5-11H,1-4H3,(H,18,20). The van der Waals surface area contributed by atoms with E-state index in [1.54, 1.807) is 0 Å². The Morgan fingerprint density at radius 2 is 1.70 bits per heavy atom. The van der Waals surface area contributed by atoms with Crippen molar-refractivity contribution < 1.29 is 4.79 Å². The minimum atomic E-state index is -0.0806. The molecule has 2 rings (SSSR count). The van der Waals surface area contributed by atoms with Crippen molar-refractivity contribution in [2.45, 2.75) is 13.8 Å². The van der Waals surface area contributed by atoms with Crippen molar-refractivity contribution in [2.24, 2.45) is 0 Å². The van der Waals surface area contributed by atoms with Crippen LogP contribution in [0.15, 0.2) is 42.5 Å². The van der Waals surface area contributed by atoms with Gasteiger partial charge in [0.25, 0.3) is 5.91 Å². The largest absolute Gasteiger partial charge is 0.377 e. The molecule has 0 bridgehead atoms. The minimum absolute atomic E-state index is 0.0806. The van der Waals surface area contributed by atoms with Crippen molar-refractivity contribution in [3.8, 4) is 0 Å². The summed E-state index contributed by atoms with van der Waals surface area (Å²) in [7, 11) is 3.87. The molecule has 0 radical (unpaired) electrons. The van der Waals surface area contributed by atoms with E-state index < -0.39 is 0 Å². The maximum Gasteiger partial charge on any atom is 0.257 e. The molecule has 0 fully saturated rings. The molecular weight excluding hydrogens is 248 g/mol. The molecule has 104 valence electrons. The number of para-hydroxylation sites is 1. The zero-order valence-electron chi connectivity index (χ0n) is 12.4. The van der Waals surface area contributed by atoms with Crippen molar-refractivity contribution >= 4 is 17.3 Å². The molecule has 0 spiro atoms. The zero-order valence-corrected chi connectivity index (χ0v) is 12.4. The van der Waals surface area contributed by atoms with E-state index in [-0.39, 0.29) is 5.91 Å². The van der Waals surface area contributed by atoms with E-state index in [4.69, 9.17) is 0 Å². The fraction of sp³-hybridized carbons (Fsp3) is 0.235. The lowest BCUT2D eigenvalue weighted by atomic mass is 10.1. The molecule has 0 aliphatic carbocycles. The van der Waals surface area contributed by atoms with Crippen LogP contribution in [0.3, 0.4) is 0 Å². The third-order valence-corrected chi connectivity index (χ3v) is 3.48. The van der Waals surface area contributed by atoms with E-state index in [2.05, 4.69) is 5.32 Å². The molecule has 0 heterocycles. The number of aryl methyl sites for hydroxylation is 1. The molecular formula is C17H20N2O. The second kappa shape index (κ2) is 5.78. The molecule has 0 saturated carbocycles. The zero-order chi connectivity index (χ0) is 14.7. The van der Waals surface area contributed by atoms with Crippen LogP contribution in [0, 0.1) is 13.8 Å². The predicted molar refractivity (Wildman–Crippen MR) is 84.6 cm³/mol. The number of hydrogen-bond acceptors (Lipinski definition) is 2. The van der Waals surface area contributed by atoms with E-state index >= 15 is 0 Å². The fourth-order valence-electron chi connectivity index (χ4n) is 2.13. The number of hydrogen-bond donors (Lipinski definition) is 1. The van der Waals surface area contributed by atoms with Crippen LogP contribution in [-0.4, -0.2) is 20.0 Å². The van der Waals surface area contributed by atoms with Crippen LogP contribution in [0.4, 0.5) is 11.4 Å². The Hall–Kier alpha value is -2.29. The van der Waals surface area contributed by atoms with Gasteiger partial charge < -0.3 is 10.2 Å². The van der Waals surface area contributed by atoms with Gasteiger partial charge in [0.05, 0.1) is 5.56 Å². The smallest absolute Gasteiger partial charge is 0.257 e. The third-order valence-electron chi connectivity index (χ3n) is 3.48. The molecule has 0 aliphatic heterocycles. The van der Waals surface area contributed by atoms with Gasteiger partial charge in [0, 0.05) is 25.5 Å². The number of anilines is 2. The molecule has 20 heavy (non-hydrogen) atoms. The summed E-state index contributed by atoms with van der Waals surface area (Å²) in [5, 5.41) is 3.00. The SMILES string of the molecule is Cc1cccc(NC(=O)c2ccccc2N(C)C)c1C. The average molecular weight is 268 g/mol. The summed E-state index contributed by atoms with van der Waals surface area (Å²) in [6.07, 6.45) is 0. The normalized spacial score (nSPS) is 10.2. The van der Waals surface area contributed by atoms with Crippen molar-refractivity contribution in [2.75, 3.05) is 24.3 Å². The van der Waals surface area contributed by atoms with E-state index in [1.807, 2.05) is 75.3 Å². The lowest BCUT2D eigenvalue weighted by molar-refractivity contribution is 0.102. The Bertz CT molecular complexity index is 633. The van der Waals surface area contributed by atoms with Gasteiger partial charge in [-0.3, -0.25) is 4.79 Å². The van der Waals surface area contributed by atoms with Crippen LogP contribution in [-0.2, 0) is 0 Å². The molecule has 2 aromatic rings. The monoisotopic (exact) mass is 268 g/mol. The van der Waals surface area contributed by atoms with Gasteiger partial charge in [-0.1, -0.05) is 24.3 Å². The average Bonchev–Trinajstić information content (AvgIpc) is 2.43. The van der Waals surface area contributed by atoms with E-state index in [9.17, 15) is 4.79 Å². The minimum Gasteiger partial charge on any atom is -0.377 e. The van der Waals surface area contributed by atoms with Gasteiger partial charge in [0.1, 0.15) is 0 Å². The quantitative estimate of drug-likeness (QED) is 0.922. The van der Waals surface area contributed by atoms with Gasteiger partial charge in [-0.15, -0.1) is 0 Å². The van der Waals surface area contributed by atoms with Crippen LogP contribution in [0.5, 0.6) is 0 Å². The van der Waals surface area contributed by atoms with Gasteiger partial charge in [0.15, 0.2) is 0 Å². The Balaban J connectivity index is 2.31. The van der Waals surface area contributed by atoms with Crippen molar-refractivity contribution in [3.05, 3.63) is 59.2 Å². The Kier molecular flexibility index (Phi) is 4.08. The Morgan fingerprint density at radius 3 is 2.40 bits per heavy atom. The predicted octanol–water partition coefficient (Wildman–Crippen LogP) is 3.62. The number of rotatable bonds is 3. The summed E-state index contributed by atoms with van der Waals surface area (Å²) in [4.78, 5) is 14.4. The number of carbonyl (C=O) groups excluding carboxylic acids is 1.